The van der Waals surface area contributed by atoms with E-state index in [1.165, 1.54) is 11.1 Å². The largest absolute Gasteiger partial charge is 0.360 e. The summed E-state index contributed by atoms with van der Waals surface area (Å²) in [6.45, 7) is 10.4. The summed E-state index contributed by atoms with van der Waals surface area (Å²) < 4.78 is 5.26. The molecule has 21 heavy (non-hydrogen) atoms. The number of aryl methyl sites for hydroxylation is 3. The summed E-state index contributed by atoms with van der Waals surface area (Å²) in [6.07, 6.45) is 0. The maximum absolute atomic E-state index is 12.4. The number of hydrogen-bond donors (Lipinski definition) is 1. The molecule has 0 radical (unpaired) electrons. The number of nitrogens with one attached hydrogen (secondary N) is 1. The van der Waals surface area contributed by atoms with Crippen LogP contribution in [0, 0.1) is 20.8 Å². The number of amides is 1. The zero-order chi connectivity index (χ0) is 15.6. The van der Waals surface area contributed by atoms with Crippen molar-refractivity contribution >= 4 is 5.91 Å². The predicted molar refractivity (Wildman–Crippen MR) is 82.4 cm³/mol. The summed E-state index contributed by atoms with van der Waals surface area (Å²) in [7, 11) is 0. The van der Waals surface area contributed by atoms with Gasteiger partial charge in [0.2, 0.25) is 0 Å². The number of rotatable bonds is 4. The van der Waals surface area contributed by atoms with Gasteiger partial charge in [-0.25, -0.2) is 0 Å². The molecule has 0 fully saturated rings. The maximum Gasteiger partial charge on any atom is 0.257 e. The van der Waals surface area contributed by atoms with Crippen molar-refractivity contribution in [2.75, 3.05) is 0 Å². The number of nitrogens with zero attached hydrogens (tertiary/aromatic N) is 1. The van der Waals surface area contributed by atoms with Gasteiger partial charge >= 0.3 is 0 Å². The van der Waals surface area contributed by atoms with Crippen molar-refractivity contribution in [3.63, 3.8) is 0 Å². The molecule has 4 nitrogen and oxygen atoms in total. The van der Waals surface area contributed by atoms with E-state index in [0.29, 0.717) is 23.6 Å². The topological polar surface area (TPSA) is 55.1 Å². The SMILES string of the molecule is Cc1ccc(CNC(=O)c2c(C)noc2C(C)C)c(C)c1. The van der Waals surface area contributed by atoms with E-state index < -0.39 is 0 Å². The predicted octanol–water partition coefficient (Wildman–Crippen LogP) is 3.65. The molecule has 2 rings (SSSR count). The third-order valence-electron chi connectivity index (χ3n) is 3.58. The Balaban J connectivity index is 2.14. The van der Waals surface area contributed by atoms with Crippen molar-refractivity contribution in [3.8, 4) is 0 Å². The van der Waals surface area contributed by atoms with E-state index in [-0.39, 0.29) is 11.8 Å². The molecule has 0 spiro atoms. The van der Waals surface area contributed by atoms with Crippen molar-refractivity contribution in [3.05, 3.63) is 51.9 Å². The average molecular weight is 286 g/mol. The number of hydrogen-bond acceptors (Lipinski definition) is 3. The summed E-state index contributed by atoms with van der Waals surface area (Å²) in [6, 6.07) is 6.22. The molecule has 1 aromatic carbocycles. The number of benzene rings is 1. The van der Waals surface area contributed by atoms with Crippen LogP contribution in [0.4, 0.5) is 0 Å². The van der Waals surface area contributed by atoms with Crippen molar-refractivity contribution in [2.24, 2.45) is 0 Å². The molecule has 0 atom stereocenters. The van der Waals surface area contributed by atoms with Gasteiger partial charge in [-0.05, 0) is 31.9 Å². The number of carbonyl (C=O) groups excluding carboxylic acids is 1. The first-order chi connectivity index (χ1) is 9.90. The minimum Gasteiger partial charge on any atom is -0.360 e. The lowest BCUT2D eigenvalue weighted by Gasteiger charge is -2.10. The van der Waals surface area contributed by atoms with E-state index in [0.717, 1.165) is 5.56 Å². The lowest BCUT2D eigenvalue weighted by Crippen LogP contribution is -2.24. The molecule has 0 aliphatic carbocycles. The summed E-state index contributed by atoms with van der Waals surface area (Å²) in [5, 5.41) is 6.87. The lowest BCUT2D eigenvalue weighted by molar-refractivity contribution is 0.0948. The monoisotopic (exact) mass is 286 g/mol. The van der Waals surface area contributed by atoms with Gasteiger partial charge in [0.25, 0.3) is 5.91 Å². The highest BCUT2D eigenvalue weighted by molar-refractivity contribution is 5.96. The van der Waals surface area contributed by atoms with Gasteiger partial charge in [0, 0.05) is 12.5 Å². The number of aromatic nitrogens is 1. The van der Waals surface area contributed by atoms with Crippen LogP contribution in [0.3, 0.4) is 0 Å². The normalized spacial score (nSPS) is 11.0. The molecule has 0 saturated heterocycles. The van der Waals surface area contributed by atoms with E-state index in [1.807, 2.05) is 13.8 Å². The maximum atomic E-state index is 12.4. The van der Waals surface area contributed by atoms with Gasteiger partial charge in [-0.3, -0.25) is 4.79 Å². The fraction of sp³-hybridized carbons (Fsp3) is 0.412. The van der Waals surface area contributed by atoms with Crippen LogP contribution in [0.25, 0.3) is 0 Å². The Bertz CT molecular complexity index is 657. The summed E-state index contributed by atoms with van der Waals surface area (Å²) in [4.78, 5) is 12.4. The van der Waals surface area contributed by atoms with Gasteiger partial charge in [-0.1, -0.05) is 42.8 Å². The molecule has 112 valence electrons. The Labute approximate surface area is 125 Å². The van der Waals surface area contributed by atoms with Crippen LogP contribution < -0.4 is 5.32 Å². The highest BCUT2D eigenvalue weighted by Crippen LogP contribution is 2.22. The van der Waals surface area contributed by atoms with Crippen molar-refractivity contribution < 1.29 is 9.32 Å². The minimum absolute atomic E-state index is 0.127. The van der Waals surface area contributed by atoms with Gasteiger partial charge in [0.05, 0.1) is 5.69 Å². The quantitative estimate of drug-likeness (QED) is 0.933. The fourth-order valence-electron chi connectivity index (χ4n) is 2.37. The molecule has 0 saturated carbocycles. The second kappa shape index (κ2) is 6.12. The third-order valence-corrected chi connectivity index (χ3v) is 3.58. The summed E-state index contributed by atoms with van der Waals surface area (Å²) in [5.41, 5.74) is 4.72. The molecule has 0 unspecified atom stereocenters. The Morgan fingerprint density at radius 3 is 2.62 bits per heavy atom. The fourth-order valence-corrected chi connectivity index (χ4v) is 2.37. The summed E-state index contributed by atoms with van der Waals surface area (Å²) in [5.74, 6) is 0.649. The molecular formula is C17H22N2O2. The standard InChI is InChI=1S/C17H22N2O2/c1-10(2)16-15(13(5)19-21-16)17(20)18-9-14-7-6-11(3)8-12(14)4/h6-8,10H,9H2,1-5H3,(H,18,20). The van der Waals surface area contributed by atoms with Crippen LogP contribution in [0.5, 0.6) is 0 Å². The third kappa shape index (κ3) is 3.32. The van der Waals surface area contributed by atoms with Gasteiger partial charge < -0.3 is 9.84 Å². The molecule has 2 aromatic rings. The van der Waals surface area contributed by atoms with Crippen LogP contribution >= 0.6 is 0 Å². The Hall–Kier alpha value is -2.10. The van der Waals surface area contributed by atoms with Crippen LogP contribution in [-0.2, 0) is 6.54 Å². The van der Waals surface area contributed by atoms with Gasteiger partial charge in [0.1, 0.15) is 5.56 Å². The van der Waals surface area contributed by atoms with E-state index in [4.69, 9.17) is 4.52 Å². The molecule has 4 heteroatoms. The molecule has 0 bridgehead atoms. The second-order valence-electron chi connectivity index (χ2n) is 5.77. The zero-order valence-electron chi connectivity index (χ0n) is 13.3. The molecule has 0 aliphatic heterocycles. The first-order valence-corrected chi connectivity index (χ1v) is 7.20. The van der Waals surface area contributed by atoms with Crippen molar-refractivity contribution in [1.82, 2.24) is 10.5 Å². The van der Waals surface area contributed by atoms with Crippen LogP contribution in [0.15, 0.2) is 22.7 Å². The van der Waals surface area contributed by atoms with Crippen LogP contribution in [-0.4, -0.2) is 11.1 Å². The lowest BCUT2D eigenvalue weighted by atomic mass is 10.0. The van der Waals surface area contributed by atoms with Gasteiger partial charge in [-0.15, -0.1) is 0 Å². The van der Waals surface area contributed by atoms with Crippen molar-refractivity contribution in [2.45, 2.75) is 47.1 Å². The second-order valence-corrected chi connectivity index (χ2v) is 5.77. The molecule has 1 heterocycles. The van der Waals surface area contributed by atoms with Crippen LogP contribution in [0.1, 0.15) is 58.3 Å². The highest BCUT2D eigenvalue weighted by atomic mass is 16.5. The van der Waals surface area contributed by atoms with Gasteiger partial charge in [-0.2, -0.15) is 0 Å². The Morgan fingerprint density at radius 2 is 2.00 bits per heavy atom. The minimum atomic E-state index is -0.127. The molecule has 1 N–H and O–H groups in total. The first-order valence-electron chi connectivity index (χ1n) is 7.20. The molecule has 1 amide bonds. The van der Waals surface area contributed by atoms with E-state index in [9.17, 15) is 4.79 Å². The van der Waals surface area contributed by atoms with E-state index in [2.05, 4.69) is 42.5 Å². The highest BCUT2D eigenvalue weighted by Gasteiger charge is 2.22. The van der Waals surface area contributed by atoms with Gasteiger partial charge in [0.15, 0.2) is 5.76 Å². The smallest absolute Gasteiger partial charge is 0.257 e. The van der Waals surface area contributed by atoms with E-state index >= 15 is 0 Å². The number of carbonyl (C=O) groups is 1. The van der Waals surface area contributed by atoms with Crippen LogP contribution in [0.2, 0.25) is 0 Å². The Morgan fingerprint density at radius 1 is 1.29 bits per heavy atom. The first kappa shape index (κ1) is 15.3. The summed E-state index contributed by atoms with van der Waals surface area (Å²) >= 11 is 0. The zero-order valence-corrected chi connectivity index (χ0v) is 13.3. The van der Waals surface area contributed by atoms with Crippen molar-refractivity contribution in [1.29, 1.82) is 0 Å². The Kier molecular flexibility index (Phi) is 4.46. The average Bonchev–Trinajstić information content (AvgIpc) is 2.79. The molecule has 1 aromatic heterocycles. The van der Waals surface area contributed by atoms with E-state index in [1.54, 1.807) is 6.92 Å². The molecular weight excluding hydrogens is 264 g/mol. The molecule has 0 aliphatic rings.